The number of hydrogen-bond acceptors (Lipinski definition) is 7. The molecule has 4 rings (SSSR count). The number of benzene rings is 2. The molecule has 0 bridgehead atoms. The van der Waals surface area contributed by atoms with Crippen molar-refractivity contribution < 1.29 is 14.5 Å². The van der Waals surface area contributed by atoms with E-state index in [1.807, 2.05) is 49.9 Å². The number of nitriles is 1. The van der Waals surface area contributed by atoms with Crippen molar-refractivity contribution in [1.29, 1.82) is 5.26 Å². The first-order valence-electron chi connectivity index (χ1n) is 11.6. The van der Waals surface area contributed by atoms with Crippen LogP contribution in [0.5, 0.6) is 5.75 Å². The van der Waals surface area contributed by atoms with Crippen LogP contribution in [0.25, 0.3) is 5.70 Å². The van der Waals surface area contributed by atoms with Crippen molar-refractivity contribution in [3.05, 3.63) is 69.4 Å². The molecule has 0 radical (unpaired) electrons. The lowest BCUT2D eigenvalue weighted by atomic mass is 10.0. The first-order chi connectivity index (χ1) is 16.6. The maximum absolute atomic E-state index is 14.0. The number of rotatable bonds is 5. The zero-order valence-electron chi connectivity index (χ0n) is 20.4. The Kier molecular flexibility index (Phi) is 6.39. The minimum Gasteiger partial charge on any atom is -0.497 e. The number of methoxy groups -OCH3 is 1. The van der Waals surface area contributed by atoms with E-state index in [2.05, 4.69) is 11.4 Å². The number of non-ortho nitro benzene ring substituents is 1. The van der Waals surface area contributed by atoms with Crippen LogP contribution in [-0.2, 0) is 11.3 Å². The summed E-state index contributed by atoms with van der Waals surface area (Å²) in [6, 6.07) is 13.8. The van der Waals surface area contributed by atoms with Gasteiger partial charge in [-0.2, -0.15) is 5.26 Å². The molecule has 1 N–H and O–H groups in total. The highest BCUT2D eigenvalue weighted by molar-refractivity contribution is 5.99. The Balaban J connectivity index is 1.97. The van der Waals surface area contributed by atoms with E-state index in [1.165, 1.54) is 12.1 Å². The number of nitro groups is 1. The summed E-state index contributed by atoms with van der Waals surface area (Å²) in [5.41, 5.74) is 2.06. The molecule has 0 saturated carbocycles. The van der Waals surface area contributed by atoms with Crippen molar-refractivity contribution in [2.24, 2.45) is 0 Å². The molecule has 1 fully saturated rings. The van der Waals surface area contributed by atoms with Crippen molar-refractivity contribution in [3.8, 4) is 11.8 Å². The van der Waals surface area contributed by atoms with Crippen molar-refractivity contribution in [1.82, 2.24) is 10.2 Å². The molecular weight excluding hydrogens is 446 g/mol. The number of nitrogens with one attached hydrogen (secondary N) is 1. The van der Waals surface area contributed by atoms with Gasteiger partial charge in [0.05, 0.1) is 24.3 Å². The SMILES string of the molecule is COc1ccc(CN2C(=O)[C@@H]3CCCN3c3ccc([N+](=O)[O-])cc3/C2=C(/C#N)NC(C)(C)C)cc1. The summed E-state index contributed by atoms with van der Waals surface area (Å²) in [5, 5.41) is 25.1. The molecule has 2 aliphatic heterocycles. The number of carbonyl (C=O) groups excluding carboxylic acids is 1. The fraction of sp³-hybridized carbons (Fsp3) is 0.385. The number of allylic oxidation sites excluding steroid dienone is 1. The number of anilines is 1. The van der Waals surface area contributed by atoms with Crippen LogP contribution < -0.4 is 15.0 Å². The second-order valence-corrected chi connectivity index (χ2v) is 9.79. The predicted molar refractivity (Wildman–Crippen MR) is 132 cm³/mol. The van der Waals surface area contributed by atoms with E-state index in [0.717, 1.165) is 17.7 Å². The number of hydrogen-bond donors (Lipinski definition) is 1. The lowest BCUT2D eigenvalue weighted by molar-refractivity contribution is -0.384. The fourth-order valence-electron chi connectivity index (χ4n) is 4.68. The van der Waals surface area contributed by atoms with E-state index < -0.39 is 16.5 Å². The second kappa shape index (κ2) is 9.29. The molecule has 35 heavy (non-hydrogen) atoms. The van der Waals surface area contributed by atoms with Gasteiger partial charge in [-0.15, -0.1) is 0 Å². The summed E-state index contributed by atoms with van der Waals surface area (Å²) in [5.74, 6) is 0.567. The quantitative estimate of drug-likeness (QED) is 0.392. The second-order valence-electron chi connectivity index (χ2n) is 9.79. The maximum atomic E-state index is 14.0. The van der Waals surface area contributed by atoms with Gasteiger partial charge >= 0.3 is 0 Å². The number of fused-ring (bicyclic) bond motifs is 3. The average molecular weight is 476 g/mol. The molecule has 0 spiro atoms. The predicted octanol–water partition coefficient (Wildman–Crippen LogP) is 4.19. The zero-order chi connectivity index (χ0) is 25.3. The Morgan fingerprint density at radius 3 is 2.57 bits per heavy atom. The van der Waals surface area contributed by atoms with Gasteiger partial charge in [-0.3, -0.25) is 14.9 Å². The van der Waals surface area contributed by atoms with Crippen LogP contribution in [-0.4, -0.2) is 41.0 Å². The van der Waals surface area contributed by atoms with Gasteiger partial charge in [-0.25, -0.2) is 0 Å². The summed E-state index contributed by atoms with van der Waals surface area (Å²) in [4.78, 5) is 28.8. The van der Waals surface area contributed by atoms with Crippen molar-refractivity contribution in [3.63, 3.8) is 0 Å². The minimum atomic E-state index is -0.476. The standard InChI is InChI=1S/C26H29N5O4/c1-26(2,3)28-21(15-27)24-20-14-18(31(33)34)9-12-22(20)29-13-5-6-23(29)25(32)30(24)16-17-7-10-19(35-4)11-8-17/h7-12,14,23,28H,5-6,13,16H2,1-4H3/b24-21+/t23-/m0/s1. The highest BCUT2D eigenvalue weighted by atomic mass is 16.6. The van der Waals surface area contributed by atoms with Gasteiger partial charge in [0.15, 0.2) is 0 Å². The Labute approximate surface area is 204 Å². The van der Waals surface area contributed by atoms with Gasteiger partial charge in [0, 0.05) is 35.5 Å². The summed E-state index contributed by atoms with van der Waals surface area (Å²) < 4.78 is 5.26. The van der Waals surface area contributed by atoms with E-state index >= 15 is 0 Å². The van der Waals surface area contributed by atoms with Crippen LogP contribution in [0.4, 0.5) is 11.4 Å². The zero-order valence-corrected chi connectivity index (χ0v) is 20.4. The van der Waals surface area contributed by atoms with Crippen LogP contribution >= 0.6 is 0 Å². The average Bonchev–Trinajstić information content (AvgIpc) is 3.28. The highest BCUT2D eigenvalue weighted by Crippen LogP contribution is 2.42. The molecule has 9 heteroatoms. The minimum absolute atomic E-state index is 0.0937. The van der Waals surface area contributed by atoms with E-state index in [9.17, 15) is 20.2 Å². The molecule has 0 aliphatic carbocycles. The topological polar surface area (TPSA) is 112 Å². The van der Waals surface area contributed by atoms with Gasteiger partial charge in [0.2, 0.25) is 5.91 Å². The monoisotopic (exact) mass is 475 g/mol. The first-order valence-corrected chi connectivity index (χ1v) is 11.6. The lowest BCUT2D eigenvalue weighted by Gasteiger charge is -2.30. The van der Waals surface area contributed by atoms with Crippen molar-refractivity contribution in [2.75, 3.05) is 18.6 Å². The molecule has 182 valence electrons. The summed E-state index contributed by atoms with van der Waals surface area (Å²) in [7, 11) is 1.59. The summed E-state index contributed by atoms with van der Waals surface area (Å²) >= 11 is 0. The number of nitrogens with zero attached hydrogens (tertiary/aromatic N) is 4. The van der Waals surface area contributed by atoms with Crippen molar-refractivity contribution >= 4 is 23.0 Å². The van der Waals surface area contributed by atoms with E-state index in [0.29, 0.717) is 30.0 Å². The molecule has 1 saturated heterocycles. The molecule has 2 aromatic rings. The maximum Gasteiger partial charge on any atom is 0.270 e. The van der Waals surface area contributed by atoms with E-state index in [4.69, 9.17) is 4.74 Å². The van der Waals surface area contributed by atoms with Crippen LogP contribution in [0, 0.1) is 21.4 Å². The van der Waals surface area contributed by atoms with E-state index in [1.54, 1.807) is 18.1 Å². The van der Waals surface area contributed by atoms with Crippen molar-refractivity contribution in [2.45, 2.75) is 51.7 Å². The number of ether oxygens (including phenoxy) is 1. The number of carbonyl (C=O) groups is 1. The van der Waals surface area contributed by atoms with Crippen LogP contribution in [0.2, 0.25) is 0 Å². The van der Waals surface area contributed by atoms with Gasteiger partial charge < -0.3 is 19.9 Å². The molecule has 0 unspecified atom stereocenters. The third kappa shape index (κ3) is 4.78. The fourth-order valence-corrected chi connectivity index (χ4v) is 4.68. The Bertz CT molecular complexity index is 1220. The smallest absolute Gasteiger partial charge is 0.270 e. The number of nitro benzene ring substituents is 1. The van der Waals surface area contributed by atoms with Gasteiger partial charge in [-0.1, -0.05) is 12.1 Å². The highest BCUT2D eigenvalue weighted by Gasteiger charge is 2.42. The first kappa shape index (κ1) is 24.1. The largest absolute Gasteiger partial charge is 0.497 e. The molecule has 1 amide bonds. The Hall–Kier alpha value is -4.06. The van der Waals surface area contributed by atoms with Gasteiger partial charge in [0.1, 0.15) is 23.6 Å². The van der Waals surface area contributed by atoms with Crippen LogP contribution in [0.1, 0.15) is 44.7 Å². The molecule has 0 aromatic heterocycles. The molecule has 1 atom stereocenters. The number of amides is 1. The van der Waals surface area contributed by atoms with E-state index in [-0.39, 0.29) is 23.8 Å². The molecule has 2 heterocycles. The normalized spacial score (nSPS) is 18.8. The Morgan fingerprint density at radius 1 is 1.26 bits per heavy atom. The van der Waals surface area contributed by atoms with Crippen LogP contribution in [0.15, 0.2) is 48.2 Å². The molecule has 2 aliphatic rings. The third-order valence-corrected chi connectivity index (χ3v) is 6.18. The Morgan fingerprint density at radius 2 is 1.97 bits per heavy atom. The summed E-state index contributed by atoms with van der Waals surface area (Å²) in [6.07, 6.45) is 1.52. The molecular formula is C26H29N5O4. The lowest BCUT2D eigenvalue weighted by Crippen LogP contribution is -2.43. The summed E-state index contributed by atoms with van der Waals surface area (Å²) in [6.45, 7) is 6.64. The third-order valence-electron chi connectivity index (χ3n) is 6.18. The van der Waals surface area contributed by atoms with Crippen LogP contribution in [0.3, 0.4) is 0 Å². The molecule has 2 aromatic carbocycles. The molecule has 9 nitrogen and oxygen atoms in total. The van der Waals surface area contributed by atoms with Gasteiger partial charge in [-0.05, 0) is 57.4 Å². The van der Waals surface area contributed by atoms with Gasteiger partial charge in [0.25, 0.3) is 5.69 Å².